The van der Waals surface area contributed by atoms with Gasteiger partial charge < -0.3 is 4.74 Å². The average molecular weight is 259 g/mol. The molecule has 0 amide bonds. The molecule has 5 nitrogen and oxygen atoms in total. The maximum Gasteiger partial charge on any atom is 0.262 e. The van der Waals surface area contributed by atoms with Crippen LogP contribution in [0.3, 0.4) is 0 Å². The third-order valence-corrected chi connectivity index (χ3v) is 3.55. The monoisotopic (exact) mass is 259 g/mol. The standard InChI is InChI=1S/C11H17NO4S/c1-9-4-5-11(10(2)8-9)17(13,14)12-16-7-6-15-3/h4-5,8,12H,6-7H2,1-3H3. The van der Waals surface area contributed by atoms with E-state index in [0.29, 0.717) is 12.2 Å². The van der Waals surface area contributed by atoms with Gasteiger partial charge in [-0.25, -0.2) is 8.42 Å². The van der Waals surface area contributed by atoms with Crippen LogP contribution in [0.5, 0.6) is 0 Å². The van der Waals surface area contributed by atoms with E-state index in [1.165, 1.54) is 7.11 Å². The third kappa shape index (κ3) is 4.08. The molecule has 96 valence electrons. The molecule has 0 radical (unpaired) electrons. The maximum atomic E-state index is 11.9. The van der Waals surface area contributed by atoms with Crippen LogP contribution in [0.1, 0.15) is 11.1 Å². The van der Waals surface area contributed by atoms with Gasteiger partial charge in [0.05, 0.1) is 18.1 Å². The highest BCUT2D eigenvalue weighted by molar-refractivity contribution is 7.89. The fraction of sp³-hybridized carbons (Fsp3) is 0.455. The van der Waals surface area contributed by atoms with Gasteiger partial charge in [-0.3, -0.25) is 4.84 Å². The number of methoxy groups -OCH3 is 1. The van der Waals surface area contributed by atoms with Crippen LogP contribution >= 0.6 is 0 Å². The lowest BCUT2D eigenvalue weighted by molar-refractivity contribution is 0.0438. The van der Waals surface area contributed by atoms with Gasteiger partial charge in [-0.15, -0.1) is 0 Å². The van der Waals surface area contributed by atoms with Crippen LogP contribution in [0.2, 0.25) is 0 Å². The minimum atomic E-state index is -3.62. The molecule has 0 aromatic heterocycles. The lowest BCUT2D eigenvalue weighted by Crippen LogP contribution is -2.26. The largest absolute Gasteiger partial charge is 0.382 e. The van der Waals surface area contributed by atoms with E-state index in [0.717, 1.165) is 5.56 Å². The first kappa shape index (κ1) is 14.1. The second-order valence-corrected chi connectivity index (χ2v) is 5.31. The van der Waals surface area contributed by atoms with Crippen LogP contribution in [-0.2, 0) is 19.6 Å². The molecule has 1 aromatic carbocycles. The number of benzene rings is 1. The molecule has 0 unspecified atom stereocenters. The van der Waals surface area contributed by atoms with Crippen molar-refractivity contribution >= 4 is 10.0 Å². The molecule has 0 spiro atoms. The Labute approximate surface area is 102 Å². The molecule has 0 heterocycles. The van der Waals surface area contributed by atoms with Crippen molar-refractivity contribution in [1.82, 2.24) is 4.89 Å². The van der Waals surface area contributed by atoms with Gasteiger partial charge in [0.1, 0.15) is 0 Å². The molecule has 0 saturated carbocycles. The summed E-state index contributed by atoms with van der Waals surface area (Å²) in [7, 11) is -2.10. The van der Waals surface area contributed by atoms with Gasteiger partial charge in [0, 0.05) is 7.11 Å². The summed E-state index contributed by atoms with van der Waals surface area (Å²) < 4.78 is 28.4. The quantitative estimate of drug-likeness (QED) is 0.615. The molecule has 1 N–H and O–H groups in total. The lowest BCUT2D eigenvalue weighted by Gasteiger charge is -2.09. The minimum absolute atomic E-state index is 0.167. The highest BCUT2D eigenvalue weighted by Crippen LogP contribution is 2.15. The van der Waals surface area contributed by atoms with Gasteiger partial charge in [0.2, 0.25) is 0 Å². The second-order valence-electron chi connectivity index (χ2n) is 3.70. The Balaban J connectivity index is 2.76. The highest BCUT2D eigenvalue weighted by Gasteiger charge is 2.16. The zero-order valence-electron chi connectivity index (χ0n) is 10.2. The zero-order valence-corrected chi connectivity index (χ0v) is 11.0. The Kier molecular flexibility index (Phi) is 5.07. The summed E-state index contributed by atoms with van der Waals surface area (Å²) in [6.45, 7) is 4.15. The molecule has 0 atom stereocenters. The Morgan fingerprint density at radius 1 is 1.24 bits per heavy atom. The first-order chi connectivity index (χ1) is 7.97. The van der Waals surface area contributed by atoms with Crippen molar-refractivity contribution in [3.05, 3.63) is 29.3 Å². The predicted octanol–water partition coefficient (Wildman–Crippen LogP) is 1.16. The van der Waals surface area contributed by atoms with Gasteiger partial charge in [0.15, 0.2) is 0 Å². The van der Waals surface area contributed by atoms with Gasteiger partial charge in [-0.1, -0.05) is 22.6 Å². The van der Waals surface area contributed by atoms with Gasteiger partial charge in [-0.2, -0.15) is 0 Å². The van der Waals surface area contributed by atoms with Crippen molar-refractivity contribution in [2.45, 2.75) is 18.7 Å². The smallest absolute Gasteiger partial charge is 0.262 e. The van der Waals surface area contributed by atoms with E-state index in [4.69, 9.17) is 9.57 Å². The van der Waals surface area contributed by atoms with E-state index in [1.807, 2.05) is 13.0 Å². The van der Waals surface area contributed by atoms with Gasteiger partial charge >= 0.3 is 0 Å². The molecule has 0 fully saturated rings. The van der Waals surface area contributed by atoms with Crippen LogP contribution < -0.4 is 4.89 Å². The fourth-order valence-electron chi connectivity index (χ4n) is 1.39. The topological polar surface area (TPSA) is 64.6 Å². The Morgan fingerprint density at radius 2 is 1.94 bits per heavy atom. The van der Waals surface area contributed by atoms with E-state index < -0.39 is 10.0 Å². The Bertz CT molecular complexity index is 470. The molecular formula is C11H17NO4S. The van der Waals surface area contributed by atoms with Crippen molar-refractivity contribution in [2.24, 2.45) is 0 Å². The number of hydrogen-bond acceptors (Lipinski definition) is 4. The number of rotatable bonds is 6. The summed E-state index contributed by atoms with van der Waals surface area (Å²) in [5.41, 5.74) is 1.70. The number of nitrogens with one attached hydrogen (secondary N) is 1. The lowest BCUT2D eigenvalue weighted by atomic mass is 10.2. The van der Waals surface area contributed by atoms with Crippen molar-refractivity contribution in [2.75, 3.05) is 20.3 Å². The number of hydrogen-bond donors (Lipinski definition) is 1. The third-order valence-electron chi connectivity index (χ3n) is 2.18. The predicted molar refractivity (Wildman–Crippen MR) is 64.1 cm³/mol. The molecule has 0 aliphatic carbocycles. The molecular weight excluding hydrogens is 242 g/mol. The summed E-state index contributed by atoms with van der Waals surface area (Å²) in [4.78, 5) is 7.10. The van der Waals surface area contributed by atoms with Crippen LogP contribution in [0.15, 0.2) is 23.1 Å². The first-order valence-corrected chi connectivity index (χ1v) is 6.65. The SMILES string of the molecule is COCCONS(=O)(=O)c1ccc(C)cc1C. The summed E-state index contributed by atoms with van der Waals surface area (Å²) in [6.07, 6.45) is 0. The molecule has 0 saturated heterocycles. The van der Waals surface area contributed by atoms with Crippen LogP contribution in [-0.4, -0.2) is 28.7 Å². The van der Waals surface area contributed by atoms with Crippen molar-refractivity contribution in [1.29, 1.82) is 0 Å². The van der Waals surface area contributed by atoms with Crippen molar-refractivity contribution in [3.8, 4) is 0 Å². The Morgan fingerprint density at radius 3 is 2.53 bits per heavy atom. The van der Waals surface area contributed by atoms with E-state index in [-0.39, 0.29) is 11.5 Å². The van der Waals surface area contributed by atoms with Gasteiger partial charge in [-0.05, 0) is 25.5 Å². The van der Waals surface area contributed by atoms with E-state index >= 15 is 0 Å². The highest BCUT2D eigenvalue weighted by atomic mass is 32.2. The van der Waals surface area contributed by atoms with Crippen molar-refractivity contribution < 1.29 is 18.0 Å². The van der Waals surface area contributed by atoms with Crippen molar-refractivity contribution in [3.63, 3.8) is 0 Å². The van der Waals surface area contributed by atoms with E-state index in [9.17, 15) is 8.42 Å². The summed E-state index contributed by atoms with van der Waals surface area (Å²) >= 11 is 0. The maximum absolute atomic E-state index is 11.9. The molecule has 0 aliphatic rings. The Hall–Kier alpha value is -0.950. The summed E-state index contributed by atoms with van der Waals surface area (Å²) in [6, 6.07) is 5.12. The van der Waals surface area contributed by atoms with Gasteiger partial charge in [0.25, 0.3) is 10.0 Å². The van der Waals surface area contributed by atoms with Crippen LogP contribution in [0.4, 0.5) is 0 Å². The zero-order chi connectivity index (χ0) is 12.9. The number of ether oxygens (including phenoxy) is 1. The molecule has 1 aromatic rings. The molecule has 0 aliphatic heterocycles. The summed E-state index contributed by atoms with van der Waals surface area (Å²) in [5.74, 6) is 0. The minimum Gasteiger partial charge on any atom is -0.382 e. The molecule has 6 heteroatoms. The number of sulfonamides is 1. The molecule has 0 bridgehead atoms. The van der Waals surface area contributed by atoms with Crippen LogP contribution in [0, 0.1) is 13.8 Å². The van der Waals surface area contributed by atoms with E-state index in [1.54, 1.807) is 19.1 Å². The summed E-state index contributed by atoms with van der Waals surface area (Å²) in [5, 5.41) is 0. The molecule has 1 rings (SSSR count). The van der Waals surface area contributed by atoms with E-state index in [2.05, 4.69) is 4.89 Å². The second kappa shape index (κ2) is 6.11. The normalized spacial score (nSPS) is 11.7. The van der Waals surface area contributed by atoms with Crippen LogP contribution in [0.25, 0.3) is 0 Å². The molecule has 17 heavy (non-hydrogen) atoms. The average Bonchev–Trinajstić information content (AvgIpc) is 2.24. The number of aryl methyl sites for hydroxylation is 2. The fourth-order valence-corrected chi connectivity index (χ4v) is 2.45. The first-order valence-electron chi connectivity index (χ1n) is 5.17.